The maximum absolute atomic E-state index is 13.1. The summed E-state index contributed by atoms with van der Waals surface area (Å²) in [5.41, 5.74) is 2.68. The molecule has 0 bridgehead atoms. The predicted octanol–water partition coefficient (Wildman–Crippen LogP) is 3.62. The molecule has 1 saturated heterocycles. The quantitative estimate of drug-likeness (QED) is 0.727. The molecule has 0 aromatic carbocycles. The van der Waals surface area contributed by atoms with Gasteiger partial charge in [-0.15, -0.1) is 0 Å². The molecule has 154 valence electrons. The summed E-state index contributed by atoms with van der Waals surface area (Å²) in [6, 6.07) is 5.59. The molecule has 2 aliphatic heterocycles. The Morgan fingerprint density at radius 2 is 2.14 bits per heavy atom. The number of aliphatic imine (C=N–C) groups is 1. The van der Waals surface area contributed by atoms with Crippen LogP contribution < -0.4 is 0 Å². The molecular formula is C23H28N2O4. The zero-order valence-electron chi connectivity index (χ0n) is 17.3. The average molecular weight is 396 g/mol. The van der Waals surface area contributed by atoms with Gasteiger partial charge in [0.05, 0.1) is 12.0 Å². The third kappa shape index (κ3) is 4.04. The highest BCUT2D eigenvalue weighted by Gasteiger charge is 2.46. The van der Waals surface area contributed by atoms with Crippen molar-refractivity contribution in [3.05, 3.63) is 41.4 Å². The Hall–Kier alpha value is -2.34. The van der Waals surface area contributed by atoms with Gasteiger partial charge in [0.1, 0.15) is 12.5 Å². The van der Waals surface area contributed by atoms with E-state index in [4.69, 9.17) is 14.5 Å². The third-order valence-electron chi connectivity index (χ3n) is 6.00. The van der Waals surface area contributed by atoms with E-state index in [0.29, 0.717) is 36.4 Å². The van der Waals surface area contributed by atoms with Crippen molar-refractivity contribution in [3.8, 4) is 0 Å². The number of aromatic nitrogens is 1. The van der Waals surface area contributed by atoms with Crippen LogP contribution in [0.4, 0.5) is 0 Å². The third-order valence-corrected chi connectivity index (χ3v) is 6.00. The number of hydrogen-bond donors (Lipinski definition) is 0. The van der Waals surface area contributed by atoms with Crippen LogP contribution in [0, 0.1) is 11.3 Å². The van der Waals surface area contributed by atoms with Crippen LogP contribution in [0.2, 0.25) is 0 Å². The molecule has 0 spiro atoms. The molecule has 29 heavy (non-hydrogen) atoms. The summed E-state index contributed by atoms with van der Waals surface area (Å²) in [5.74, 6) is -1.40. The Balaban J connectivity index is 1.69. The minimum Gasteiger partial charge on any atom is -0.462 e. The first-order valence-corrected chi connectivity index (χ1v) is 10.4. The van der Waals surface area contributed by atoms with Gasteiger partial charge in [-0.25, -0.2) is 0 Å². The molecule has 1 aliphatic carbocycles. The molecule has 3 aliphatic rings. The lowest BCUT2D eigenvalue weighted by atomic mass is 9.67. The van der Waals surface area contributed by atoms with E-state index < -0.39 is 11.8 Å². The SMILES string of the molecule is CC1=NC2=C(C(=O)CC(C)(C)C2)[C@H](c2ccccn2)C1C(=O)OC[C@H]1CCCO1. The Labute approximate surface area is 171 Å². The number of carbonyl (C=O) groups is 2. The lowest BCUT2D eigenvalue weighted by Crippen LogP contribution is -2.40. The van der Waals surface area contributed by atoms with Crippen molar-refractivity contribution in [2.45, 2.75) is 58.5 Å². The van der Waals surface area contributed by atoms with Gasteiger partial charge >= 0.3 is 5.97 Å². The zero-order valence-corrected chi connectivity index (χ0v) is 17.3. The van der Waals surface area contributed by atoms with Crippen molar-refractivity contribution in [2.75, 3.05) is 13.2 Å². The Kier molecular flexibility index (Phi) is 5.38. The first-order valence-electron chi connectivity index (χ1n) is 10.4. The largest absolute Gasteiger partial charge is 0.462 e. The topological polar surface area (TPSA) is 77.9 Å². The maximum atomic E-state index is 13.1. The predicted molar refractivity (Wildman–Crippen MR) is 109 cm³/mol. The van der Waals surface area contributed by atoms with Crippen LogP contribution in [-0.4, -0.2) is 41.8 Å². The molecule has 0 radical (unpaired) electrons. The number of hydrogen-bond acceptors (Lipinski definition) is 6. The van der Waals surface area contributed by atoms with E-state index in [1.807, 2.05) is 25.1 Å². The fourth-order valence-electron chi connectivity index (χ4n) is 4.67. The monoisotopic (exact) mass is 396 g/mol. The lowest BCUT2D eigenvalue weighted by Gasteiger charge is -2.38. The minimum atomic E-state index is -0.643. The summed E-state index contributed by atoms with van der Waals surface area (Å²) in [5, 5.41) is 0. The number of carbonyl (C=O) groups excluding carboxylic acids is 2. The van der Waals surface area contributed by atoms with E-state index in [2.05, 4.69) is 18.8 Å². The number of ketones is 1. The minimum absolute atomic E-state index is 0.0417. The summed E-state index contributed by atoms with van der Waals surface area (Å²) < 4.78 is 11.2. The second-order valence-electron chi connectivity index (χ2n) is 9.03. The van der Waals surface area contributed by atoms with Gasteiger partial charge in [0.15, 0.2) is 5.78 Å². The van der Waals surface area contributed by atoms with Gasteiger partial charge in [0.2, 0.25) is 0 Å². The lowest BCUT2D eigenvalue weighted by molar-refractivity contribution is -0.149. The highest BCUT2D eigenvalue weighted by Crippen LogP contribution is 2.47. The molecule has 1 fully saturated rings. The number of ether oxygens (including phenoxy) is 2. The van der Waals surface area contributed by atoms with Crippen molar-refractivity contribution in [3.63, 3.8) is 0 Å². The maximum Gasteiger partial charge on any atom is 0.315 e. The second-order valence-corrected chi connectivity index (χ2v) is 9.03. The van der Waals surface area contributed by atoms with Crippen molar-refractivity contribution in [2.24, 2.45) is 16.3 Å². The Morgan fingerprint density at radius 1 is 1.31 bits per heavy atom. The summed E-state index contributed by atoms with van der Waals surface area (Å²) in [7, 11) is 0. The standard InChI is InChI=1S/C23H28N2O4/c1-14-19(22(27)29-13-15-7-6-10-28-15)21(16-8-4-5-9-24-16)20-17(25-14)11-23(2,3)12-18(20)26/h4-5,8-9,15,19,21H,6-7,10-13H2,1-3H3/t15-,19?,21-/m1/s1. The van der Waals surface area contributed by atoms with Crippen molar-refractivity contribution >= 4 is 17.5 Å². The van der Waals surface area contributed by atoms with Crippen molar-refractivity contribution in [1.29, 1.82) is 0 Å². The molecule has 4 rings (SSSR count). The van der Waals surface area contributed by atoms with Crippen LogP contribution in [0.25, 0.3) is 0 Å². The van der Waals surface area contributed by atoms with Gasteiger partial charge in [-0.3, -0.25) is 19.6 Å². The number of esters is 1. The summed E-state index contributed by atoms with van der Waals surface area (Å²) >= 11 is 0. The first-order chi connectivity index (χ1) is 13.9. The van der Waals surface area contributed by atoms with E-state index >= 15 is 0 Å². The summed E-state index contributed by atoms with van der Waals surface area (Å²) in [6.07, 6.45) is 4.71. The molecule has 1 aromatic rings. The fourth-order valence-corrected chi connectivity index (χ4v) is 4.67. The van der Waals surface area contributed by atoms with Gasteiger partial charge in [-0.2, -0.15) is 0 Å². The Morgan fingerprint density at radius 3 is 2.83 bits per heavy atom. The number of nitrogens with zero attached hydrogens (tertiary/aromatic N) is 2. The van der Waals surface area contributed by atoms with Crippen LogP contribution >= 0.6 is 0 Å². The van der Waals surface area contributed by atoms with E-state index in [1.54, 1.807) is 6.20 Å². The van der Waals surface area contributed by atoms with E-state index in [1.165, 1.54) is 0 Å². The fraction of sp³-hybridized carbons (Fsp3) is 0.565. The van der Waals surface area contributed by atoms with Crippen LogP contribution in [0.5, 0.6) is 0 Å². The molecule has 6 heteroatoms. The zero-order chi connectivity index (χ0) is 20.6. The normalized spacial score (nSPS) is 28.7. The molecule has 3 heterocycles. The van der Waals surface area contributed by atoms with Crippen molar-refractivity contribution < 1.29 is 19.1 Å². The molecule has 0 saturated carbocycles. The second kappa shape index (κ2) is 7.82. The van der Waals surface area contributed by atoms with Gasteiger partial charge < -0.3 is 9.47 Å². The Bertz CT molecular complexity index is 866. The average Bonchev–Trinajstić information content (AvgIpc) is 3.18. The van der Waals surface area contributed by atoms with E-state index in [0.717, 1.165) is 18.5 Å². The number of Topliss-reactive ketones (excluding diaryl/α,β-unsaturated/α-hetero) is 1. The van der Waals surface area contributed by atoms with Gasteiger partial charge in [-0.1, -0.05) is 19.9 Å². The van der Waals surface area contributed by atoms with Gasteiger partial charge in [0, 0.05) is 41.9 Å². The molecule has 1 aromatic heterocycles. The highest BCUT2D eigenvalue weighted by molar-refractivity contribution is 6.08. The highest BCUT2D eigenvalue weighted by atomic mass is 16.6. The van der Waals surface area contributed by atoms with Crippen molar-refractivity contribution in [1.82, 2.24) is 4.98 Å². The van der Waals surface area contributed by atoms with Gasteiger partial charge in [0.25, 0.3) is 0 Å². The van der Waals surface area contributed by atoms with Gasteiger partial charge in [-0.05, 0) is 43.7 Å². The molecule has 0 amide bonds. The number of allylic oxidation sites excluding steroid dienone is 2. The summed E-state index contributed by atoms with van der Waals surface area (Å²) in [4.78, 5) is 35.5. The van der Waals surface area contributed by atoms with Crippen LogP contribution in [0.1, 0.15) is 58.1 Å². The number of pyridine rings is 1. The molecule has 3 atom stereocenters. The number of rotatable bonds is 4. The summed E-state index contributed by atoms with van der Waals surface area (Å²) in [6.45, 7) is 6.96. The molecule has 1 unspecified atom stereocenters. The van der Waals surface area contributed by atoms with Crippen LogP contribution in [0.15, 0.2) is 40.7 Å². The molecule has 0 N–H and O–H groups in total. The van der Waals surface area contributed by atoms with E-state index in [-0.39, 0.29) is 29.9 Å². The van der Waals surface area contributed by atoms with E-state index in [9.17, 15) is 9.59 Å². The smallest absolute Gasteiger partial charge is 0.315 e. The molecule has 6 nitrogen and oxygen atoms in total. The van der Waals surface area contributed by atoms with Crippen LogP contribution in [-0.2, 0) is 19.1 Å². The first kappa shape index (κ1) is 20.0. The van der Waals surface area contributed by atoms with Crippen LogP contribution in [0.3, 0.4) is 0 Å². The molecular weight excluding hydrogens is 368 g/mol.